The number of hydrazone groups is 1. The van der Waals surface area contributed by atoms with Gasteiger partial charge < -0.3 is 9.47 Å². The third kappa shape index (κ3) is 7.68. The Bertz CT molecular complexity index is 501. The zero-order valence-corrected chi connectivity index (χ0v) is 14.4. The van der Waals surface area contributed by atoms with Gasteiger partial charge in [-0.2, -0.15) is 5.10 Å². The van der Waals surface area contributed by atoms with Crippen LogP contribution in [0, 0.1) is 0 Å². The van der Waals surface area contributed by atoms with Gasteiger partial charge in [0, 0.05) is 6.42 Å². The molecule has 1 amide bonds. The van der Waals surface area contributed by atoms with Gasteiger partial charge in [0.05, 0.1) is 20.4 Å². The van der Waals surface area contributed by atoms with Crippen molar-refractivity contribution < 1.29 is 14.3 Å². The number of hydrogen-bond donors (Lipinski definition) is 1. The van der Waals surface area contributed by atoms with Crippen LogP contribution in [0.4, 0.5) is 0 Å². The summed E-state index contributed by atoms with van der Waals surface area (Å²) in [5.74, 6) is 1.25. The molecule has 0 aliphatic carbocycles. The van der Waals surface area contributed by atoms with Gasteiger partial charge >= 0.3 is 0 Å². The second-order valence-corrected chi connectivity index (χ2v) is 5.43. The Morgan fingerprint density at radius 1 is 1.09 bits per heavy atom. The lowest BCUT2D eigenvalue weighted by Crippen LogP contribution is -2.16. The van der Waals surface area contributed by atoms with Gasteiger partial charge in [-0.15, -0.1) is 0 Å². The third-order valence-corrected chi connectivity index (χ3v) is 3.57. The minimum atomic E-state index is -0.0442. The summed E-state index contributed by atoms with van der Waals surface area (Å²) >= 11 is 0. The van der Waals surface area contributed by atoms with Crippen molar-refractivity contribution in [1.82, 2.24) is 5.43 Å². The van der Waals surface area contributed by atoms with E-state index in [0.717, 1.165) is 18.4 Å². The number of carbonyl (C=O) groups is 1. The number of ether oxygens (including phenoxy) is 2. The van der Waals surface area contributed by atoms with Crippen molar-refractivity contribution in [2.24, 2.45) is 5.10 Å². The minimum absolute atomic E-state index is 0.0442. The van der Waals surface area contributed by atoms with Gasteiger partial charge in [-0.1, -0.05) is 39.0 Å². The van der Waals surface area contributed by atoms with Crippen LogP contribution in [0.3, 0.4) is 0 Å². The van der Waals surface area contributed by atoms with Crippen LogP contribution in [0.2, 0.25) is 0 Å². The summed E-state index contributed by atoms with van der Waals surface area (Å²) in [5.41, 5.74) is 3.39. The number of rotatable bonds is 11. The number of nitrogens with one attached hydrogen (secondary N) is 1. The standard InChI is InChI=1S/C18H28N2O3/c1-4-5-6-7-8-9-10-18(21)20-19-14-15-11-12-16(22-2)17(13-15)23-3/h11-14H,4-10H2,1-3H3,(H,20,21). The number of amides is 1. The lowest BCUT2D eigenvalue weighted by molar-refractivity contribution is -0.121. The SMILES string of the molecule is CCCCCCCCC(=O)NN=Cc1ccc(OC)c(OC)c1. The van der Waals surface area contributed by atoms with E-state index in [1.165, 1.54) is 25.7 Å². The van der Waals surface area contributed by atoms with E-state index in [4.69, 9.17) is 9.47 Å². The molecular formula is C18H28N2O3. The first-order chi connectivity index (χ1) is 11.2. The summed E-state index contributed by atoms with van der Waals surface area (Å²) < 4.78 is 10.4. The van der Waals surface area contributed by atoms with Crippen molar-refractivity contribution in [3.63, 3.8) is 0 Å². The highest BCUT2D eigenvalue weighted by molar-refractivity contribution is 5.83. The Morgan fingerprint density at radius 2 is 1.78 bits per heavy atom. The average molecular weight is 320 g/mol. The predicted octanol–water partition coefficient (Wildman–Crippen LogP) is 3.90. The molecule has 0 saturated heterocycles. The van der Waals surface area contributed by atoms with E-state index < -0.39 is 0 Å². The largest absolute Gasteiger partial charge is 0.493 e. The van der Waals surface area contributed by atoms with Crippen LogP contribution < -0.4 is 14.9 Å². The molecule has 23 heavy (non-hydrogen) atoms. The van der Waals surface area contributed by atoms with Gasteiger partial charge in [0.1, 0.15) is 0 Å². The van der Waals surface area contributed by atoms with Crippen molar-refractivity contribution in [2.45, 2.75) is 51.9 Å². The van der Waals surface area contributed by atoms with Crippen LogP contribution in [0.5, 0.6) is 11.5 Å². The summed E-state index contributed by atoms with van der Waals surface area (Å²) in [6.45, 7) is 2.20. The molecular weight excluding hydrogens is 292 g/mol. The van der Waals surface area contributed by atoms with E-state index in [9.17, 15) is 4.79 Å². The fraction of sp³-hybridized carbons (Fsp3) is 0.556. The molecule has 128 valence electrons. The molecule has 0 aromatic heterocycles. The van der Waals surface area contributed by atoms with E-state index in [2.05, 4.69) is 17.5 Å². The van der Waals surface area contributed by atoms with Crippen LogP contribution in [-0.2, 0) is 4.79 Å². The Morgan fingerprint density at radius 3 is 2.48 bits per heavy atom. The molecule has 0 radical (unpaired) electrons. The van der Waals surface area contributed by atoms with Crippen molar-refractivity contribution in [3.8, 4) is 11.5 Å². The highest BCUT2D eigenvalue weighted by Crippen LogP contribution is 2.26. The molecule has 1 rings (SSSR count). The van der Waals surface area contributed by atoms with Gasteiger partial charge in [0.2, 0.25) is 5.91 Å². The molecule has 0 fully saturated rings. The first-order valence-corrected chi connectivity index (χ1v) is 8.25. The van der Waals surface area contributed by atoms with Crippen molar-refractivity contribution in [1.29, 1.82) is 0 Å². The monoisotopic (exact) mass is 320 g/mol. The highest BCUT2D eigenvalue weighted by atomic mass is 16.5. The van der Waals surface area contributed by atoms with Crippen molar-refractivity contribution >= 4 is 12.1 Å². The lowest BCUT2D eigenvalue weighted by Gasteiger charge is -2.07. The molecule has 1 aromatic carbocycles. The summed E-state index contributed by atoms with van der Waals surface area (Å²) in [6, 6.07) is 5.46. The fourth-order valence-corrected chi connectivity index (χ4v) is 2.23. The van der Waals surface area contributed by atoms with Crippen LogP contribution in [-0.4, -0.2) is 26.3 Å². The maximum Gasteiger partial charge on any atom is 0.240 e. The molecule has 1 aromatic rings. The molecule has 0 aliphatic heterocycles. The average Bonchev–Trinajstić information content (AvgIpc) is 2.57. The predicted molar refractivity (Wildman–Crippen MR) is 93.3 cm³/mol. The van der Waals surface area contributed by atoms with Gasteiger partial charge in [-0.3, -0.25) is 4.79 Å². The Balaban J connectivity index is 2.31. The number of carbonyl (C=O) groups excluding carboxylic acids is 1. The first-order valence-electron chi connectivity index (χ1n) is 8.25. The van der Waals surface area contributed by atoms with Crippen LogP contribution in [0.1, 0.15) is 57.4 Å². The van der Waals surface area contributed by atoms with E-state index >= 15 is 0 Å². The first kappa shape index (κ1) is 19.0. The zero-order chi connectivity index (χ0) is 16.9. The van der Waals surface area contributed by atoms with Crippen LogP contribution in [0.25, 0.3) is 0 Å². The van der Waals surface area contributed by atoms with Crippen LogP contribution in [0.15, 0.2) is 23.3 Å². The zero-order valence-electron chi connectivity index (χ0n) is 14.4. The highest BCUT2D eigenvalue weighted by Gasteiger charge is 2.03. The van der Waals surface area contributed by atoms with Gasteiger partial charge in [-0.05, 0) is 30.2 Å². The van der Waals surface area contributed by atoms with Gasteiger partial charge in [-0.25, -0.2) is 5.43 Å². The number of unbranched alkanes of at least 4 members (excludes halogenated alkanes) is 5. The van der Waals surface area contributed by atoms with Crippen LogP contribution >= 0.6 is 0 Å². The second kappa shape index (κ2) is 11.5. The molecule has 5 heteroatoms. The maximum atomic E-state index is 11.7. The Labute approximate surface area is 139 Å². The molecule has 5 nitrogen and oxygen atoms in total. The van der Waals surface area contributed by atoms with Gasteiger partial charge in [0.25, 0.3) is 0 Å². The van der Waals surface area contributed by atoms with E-state index in [0.29, 0.717) is 17.9 Å². The van der Waals surface area contributed by atoms with E-state index in [-0.39, 0.29) is 5.91 Å². The summed E-state index contributed by atoms with van der Waals surface area (Å²) in [5, 5.41) is 3.98. The number of methoxy groups -OCH3 is 2. The molecule has 0 spiro atoms. The van der Waals surface area contributed by atoms with Crippen molar-refractivity contribution in [2.75, 3.05) is 14.2 Å². The summed E-state index contributed by atoms with van der Waals surface area (Å²) in [6.07, 6.45) is 9.13. The summed E-state index contributed by atoms with van der Waals surface area (Å²) in [4.78, 5) is 11.7. The fourth-order valence-electron chi connectivity index (χ4n) is 2.23. The number of benzene rings is 1. The molecule has 0 aliphatic rings. The molecule has 0 saturated carbocycles. The Hall–Kier alpha value is -2.04. The second-order valence-electron chi connectivity index (χ2n) is 5.43. The Kier molecular flexibility index (Phi) is 9.52. The van der Waals surface area contributed by atoms with E-state index in [1.807, 2.05) is 12.1 Å². The normalized spacial score (nSPS) is 10.7. The summed E-state index contributed by atoms with van der Waals surface area (Å²) in [7, 11) is 3.18. The molecule has 0 heterocycles. The minimum Gasteiger partial charge on any atom is -0.493 e. The maximum absolute atomic E-state index is 11.7. The smallest absolute Gasteiger partial charge is 0.240 e. The molecule has 1 N–H and O–H groups in total. The molecule has 0 unspecified atom stereocenters. The van der Waals surface area contributed by atoms with Crippen molar-refractivity contribution in [3.05, 3.63) is 23.8 Å². The van der Waals surface area contributed by atoms with Gasteiger partial charge in [0.15, 0.2) is 11.5 Å². The van der Waals surface area contributed by atoms with E-state index in [1.54, 1.807) is 26.5 Å². The lowest BCUT2D eigenvalue weighted by atomic mass is 10.1. The molecule has 0 bridgehead atoms. The quantitative estimate of drug-likeness (QED) is 0.382. The number of nitrogens with zero attached hydrogens (tertiary/aromatic N) is 1. The number of hydrogen-bond acceptors (Lipinski definition) is 4. The third-order valence-electron chi connectivity index (χ3n) is 3.57. The topological polar surface area (TPSA) is 59.9 Å². The molecule has 0 atom stereocenters.